The summed E-state index contributed by atoms with van der Waals surface area (Å²) in [6.45, 7) is 5.60. The van der Waals surface area contributed by atoms with Gasteiger partial charge in [-0.25, -0.2) is 0 Å². The van der Waals surface area contributed by atoms with Crippen LogP contribution in [0, 0.1) is 5.92 Å². The zero-order valence-electron chi connectivity index (χ0n) is 13.1. The lowest BCUT2D eigenvalue weighted by atomic mass is 9.83. The number of fused-ring (bicyclic) bond motifs is 3. The second kappa shape index (κ2) is 7.13. The van der Waals surface area contributed by atoms with Crippen LogP contribution >= 0.6 is 0 Å². The second-order valence-corrected chi connectivity index (χ2v) is 6.41. The number of rotatable bonds is 6. The van der Waals surface area contributed by atoms with Gasteiger partial charge in [-0.3, -0.25) is 4.90 Å². The molecule has 21 heavy (non-hydrogen) atoms. The van der Waals surface area contributed by atoms with Gasteiger partial charge in [0.15, 0.2) is 0 Å². The van der Waals surface area contributed by atoms with E-state index in [9.17, 15) is 0 Å². The fourth-order valence-electron chi connectivity index (χ4n) is 3.44. The minimum absolute atomic E-state index is 0.665. The number of nitrogens with zero attached hydrogens (tertiary/aromatic N) is 1. The Morgan fingerprint density at radius 3 is 2.57 bits per heavy atom. The van der Waals surface area contributed by atoms with Crippen molar-refractivity contribution in [3.05, 3.63) is 35.9 Å². The van der Waals surface area contributed by atoms with E-state index in [1.54, 1.807) is 0 Å². The van der Waals surface area contributed by atoms with Crippen molar-refractivity contribution in [2.45, 2.75) is 45.1 Å². The lowest BCUT2D eigenvalue weighted by Gasteiger charge is -2.44. The molecule has 0 aliphatic carbocycles. The van der Waals surface area contributed by atoms with E-state index in [2.05, 4.69) is 48.2 Å². The van der Waals surface area contributed by atoms with E-state index in [0.717, 1.165) is 24.7 Å². The van der Waals surface area contributed by atoms with Gasteiger partial charge in [-0.2, -0.15) is 0 Å². The Labute approximate surface area is 128 Å². The maximum Gasteiger partial charge on any atom is 0.119 e. The normalized spacial score (nSPS) is 28.1. The SMILES string of the molecule is CCCCOc1ccc(/C=C/C2CC3CCN2CC3)cc1. The molecule has 1 atom stereocenters. The average Bonchev–Trinajstić information content (AvgIpc) is 2.55. The summed E-state index contributed by atoms with van der Waals surface area (Å²) in [5.74, 6) is 1.96. The Bertz CT molecular complexity index is 457. The van der Waals surface area contributed by atoms with E-state index in [0.29, 0.717) is 6.04 Å². The first-order chi connectivity index (χ1) is 10.3. The van der Waals surface area contributed by atoms with Crippen LogP contribution < -0.4 is 4.74 Å². The van der Waals surface area contributed by atoms with Crippen LogP contribution in [-0.2, 0) is 0 Å². The van der Waals surface area contributed by atoms with Gasteiger partial charge >= 0.3 is 0 Å². The lowest BCUT2D eigenvalue weighted by Crippen LogP contribution is -2.47. The molecule has 3 heterocycles. The van der Waals surface area contributed by atoms with Crippen LogP contribution in [-0.4, -0.2) is 30.6 Å². The van der Waals surface area contributed by atoms with Gasteiger partial charge in [0.2, 0.25) is 0 Å². The predicted octanol–water partition coefficient (Wildman–Crippen LogP) is 4.36. The summed E-state index contributed by atoms with van der Waals surface area (Å²) in [6.07, 6.45) is 11.2. The summed E-state index contributed by atoms with van der Waals surface area (Å²) in [5.41, 5.74) is 1.28. The molecular formula is C19H27NO. The molecule has 0 N–H and O–H groups in total. The summed E-state index contributed by atoms with van der Waals surface area (Å²) in [4.78, 5) is 2.64. The Kier molecular flexibility index (Phi) is 4.97. The molecule has 1 unspecified atom stereocenters. The van der Waals surface area contributed by atoms with Crippen molar-refractivity contribution in [2.75, 3.05) is 19.7 Å². The summed E-state index contributed by atoms with van der Waals surface area (Å²) in [7, 11) is 0. The fraction of sp³-hybridized carbons (Fsp3) is 0.579. The van der Waals surface area contributed by atoms with Crippen LogP contribution in [0.25, 0.3) is 6.08 Å². The monoisotopic (exact) mass is 285 g/mol. The molecule has 0 saturated carbocycles. The van der Waals surface area contributed by atoms with Gasteiger partial charge in [0.1, 0.15) is 5.75 Å². The molecule has 2 nitrogen and oxygen atoms in total. The molecule has 114 valence electrons. The van der Waals surface area contributed by atoms with Crippen LogP contribution in [0.5, 0.6) is 5.75 Å². The third kappa shape index (κ3) is 3.88. The second-order valence-electron chi connectivity index (χ2n) is 6.41. The Morgan fingerprint density at radius 2 is 1.95 bits per heavy atom. The third-order valence-corrected chi connectivity index (χ3v) is 4.85. The van der Waals surface area contributed by atoms with Crippen LogP contribution in [0.3, 0.4) is 0 Å². The van der Waals surface area contributed by atoms with Crippen molar-refractivity contribution >= 4 is 6.08 Å². The Morgan fingerprint density at radius 1 is 1.19 bits per heavy atom. The van der Waals surface area contributed by atoms with Gasteiger partial charge in [-0.15, -0.1) is 0 Å². The van der Waals surface area contributed by atoms with Crippen LogP contribution in [0.15, 0.2) is 30.3 Å². The minimum Gasteiger partial charge on any atom is -0.494 e. The molecule has 2 bridgehead atoms. The van der Waals surface area contributed by atoms with E-state index in [1.807, 2.05) is 0 Å². The Hall–Kier alpha value is -1.28. The number of unbranched alkanes of at least 4 members (excludes halogenated alkanes) is 1. The van der Waals surface area contributed by atoms with Gasteiger partial charge in [0, 0.05) is 6.04 Å². The van der Waals surface area contributed by atoms with Gasteiger partial charge in [0.05, 0.1) is 6.61 Å². The third-order valence-electron chi connectivity index (χ3n) is 4.85. The van der Waals surface area contributed by atoms with E-state index in [-0.39, 0.29) is 0 Å². The van der Waals surface area contributed by atoms with Crippen molar-refractivity contribution < 1.29 is 4.74 Å². The van der Waals surface area contributed by atoms with E-state index in [4.69, 9.17) is 4.74 Å². The Balaban J connectivity index is 1.54. The van der Waals surface area contributed by atoms with Crippen molar-refractivity contribution in [1.29, 1.82) is 0 Å². The average molecular weight is 285 g/mol. The predicted molar refractivity (Wildman–Crippen MR) is 88.6 cm³/mol. The molecule has 3 aliphatic rings. The van der Waals surface area contributed by atoms with E-state index >= 15 is 0 Å². The van der Waals surface area contributed by atoms with Crippen molar-refractivity contribution in [3.8, 4) is 5.75 Å². The molecule has 1 aromatic carbocycles. The van der Waals surface area contributed by atoms with Crippen LogP contribution in [0.2, 0.25) is 0 Å². The maximum atomic E-state index is 5.70. The standard InChI is InChI=1S/C19H27NO/c1-2-3-14-21-19-8-5-16(6-9-19)4-7-18-15-17-10-12-20(18)13-11-17/h4-9,17-18H,2-3,10-15H2,1H3/b7-4+. The molecule has 2 heteroatoms. The first-order valence-corrected chi connectivity index (χ1v) is 8.50. The molecule has 4 rings (SSSR count). The molecule has 0 spiro atoms. The first-order valence-electron chi connectivity index (χ1n) is 8.50. The largest absolute Gasteiger partial charge is 0.494 e. The summed E-state index contributed by atoms with van der Waals surface area (Å²) >= 11 is 0. The van der Waals surface area contributed by atoms with Crippen LogP contribution in [0.4, 0.5) is 0 Å². The van der Waals surface area contributed by atoms with E-state index < -0.39 is 0 Å². The molecule has 1 aromatic rings. The van der Waals surface area contributed by atoms with Gasteiger partial charge < -0.3 is 4.74 Å². The number of ether oxygens (including phenoxy) is 1. The highest BCUT2D eigenvalue weighted by Gasteiger charge is 2.31. The molecular weight excluding hydrogens is 258 g/mol. The summed E-state index contributed by atoms with van der Waals surface area (Å²) in [6, 6.07) is 9.16. The zero-order valence-corrected chi connectivity index (χ0v) is 13.1. The number of piperidine rings is 3. The molecule has 3 saturated heterocycles. The van der Waals surface area contributed by atoms with Gasteiger partial charge in [-0.1, -0.05) is 37.6 Å². The van der Waals surface area contributed by atoms with E-state index in [1.165, 1.54) is 44.3 Å². The zero-order chi connectivity index (χ0) is 14.5. The lowest BCUT2D eigenvalue weighted by molar-refractivity contribution is 0.0740. The van der Waals surface area contributed by atoms with Gasteiger partial charge in [-0.05, 0) is 62.4 Å². The topological polar surface area (TPSA) is 12.5 Å². The molecule has 0 radical (unpaired) electrons. The summed E-state index contributed by atoms with van der Waals surface area (Å²) in [5, 5.41) is 0. The molecule has 3 aliphatic heterocycles. The quantitative estimate of drug-likeness (QED) is 0.720. The molecule has 3 fully saturated rings. The van der Waals surface area contributed by atoms with Crippen molar-refractivity contribution in [2.24, 2.45) is 5.92 Å². The molecule has 0 aromatic heterocycles. The minimum atomic E-state index is 0.665. The van der Waals surface area contributed by atoms with Crippen molar-refractivity contribution in [1.82, 2.24) is 4.90 Å². The van der Waals surface area contributed by atoms with Crippen molar-refractivity contribution in [3.63, 3.8) is 0 Å². The maximum absolute atomic E-state index is 5.70. The smallest absolute Gasteiger partial charge is 0.119 e. The van der Waals surface area contributed by atoms with Gasteiger partial charge in [0.25, 0.3) is 0 Å². The van der Waals surface area contributed by atoms with Crippen LogP contribution in [0.1, 0.15) is 44.6 Å². The fourth-order valence-corrected chi connectivity index (χ4v) is 3.44. The number of hydrogen-bond donors (Lipinski definition) is 0. The summed E-state index contributed by atoms with van der Waals surface area (Å²) < 4.78 is 5.70. The number of benzene rings is 1. The highest BCUT2D eigenvalue weighted by molar-refractivity contribution is 5.51. The highest BCUT2D eigenvalue weighted by atomic mass is 16.5. The number of hydrogen-bond acceptors (Lipinski definition) is 2. The first kappa shape index (κ1) is 14.6. The molecule has 0 amide bonds. The highest BCUT2D eigenvalue weighted by Crippen LogP contribution is 2.32.